The molecule has 0 spiro atoms. The second-order valence-corrected chi connectivity index (χ2v) is 9.17. The fourth-order valence-corrected chi connectivity index (χ4v) is 4.91. The van der Waals surface area contributed by atoms with Crippen molar-refractivity contribution >= 4 is 10.9 Å². The van der Waals surface area contributed by atoms with E-state index < -0.39 is 37.4 Å². The molecule has 5 nitrogen and oxygen atoms in total. The summed E-state index contributed by atoms with van der Waals surface area (Å²) >= 11 is 0. The van der Waals surface area contributed by atoms with E-state index in [9.17, 15) is 26.3 Å². The fraction of sp³-hybridized carbons (Fsp3) is 0.462. The summed E-state index contributed by atoms with van der Waals surface area (Å²) < 4.78 is 89.3. The van der Waals surface area contributed by atoms with E-state index in [2.05, 4.69) is 10.3 Å². The first-order valence-corrected chi connectivity index (χ1v) is 12.0. The quantitative estimate of drug-likeness (QED) is 0.264. The highest BCUT2D eigenvalue weighted by Crippen LogP contribution is 2.45. The van der Waals surface area contributed by atoms with Crippen LogP contribution < -0.4 is 14.8 Å². The van der Waals surface area contributed by atoms with E-state index in [-0.39, 0.29) is 19.7 Å². The third-order valence-corrected chi connectivity index (χ3v) is 6.51. The zero-order valence-electron chi connectivity index (χ0n) is 20.5. The molecule has 2 aromatic carbocycles. The van der Waals surface area contributed by atoms with E-state index in [0.717, 1.165) is 16.5 Å². The standard InChI is InChI=1S/C26H29F6N3O2/c1-16-13-19-18-5-3-4-6-21(18)34-23(19)24(35(16)15-26(30,31)32)20-14-17(7-8-22(20)36-2)37-12-11-33-10-9-25(27,28)29/h3-8,14,16,24,33-34H,9-13,15H2,1-2H3/t16-,24?/m1/s1. The Kier molecular flexibility index (Phi) is 7.94. The van der Waals surface area contributed by atoms with E-state index in [1.54, 1.807) is 25.1 Å². The first kappa shape index (κ1) is 27.1. The van der Waals surface area contributed by atoms with Gasteiger partial charge >= 0.3 is 12.4 Å². The summed E-state index contributed by atoms with van der Waals surface area (Å²) in [5.41, 5.74) is 2.99. The summed E-state index contributed by atoms with van der Waals surface area (Å²) in [6, 6.07) is 11.3. The predicted molar refractivity (Wildman–Crippen MR) is 128 cm³/mol. The first-order valence-electron chi connectivity index (χ1n) is 12.0. The maximum atomic E-state index is 13.7. The molecule has 11 heteroatoms. The molecule has 37 heavy (non-hydrogen) atoms. The van der Waals surface area contributed by atoms with Crippen LogP contribution >= 0.6 is 0 Å². The van der Waals surface area contributed by atoms with Crippen molar-refractivity contribution in [2.24, 2.45) is 0 Å². The monoisotopic (exact) mass is 529 g/mol. The van der Waals surface area contributed by atoms with Gasteiger partial charge in [0.2, 0.25) is 0 Å². The maximum Gasteiger partial charge on any atom is 0.401 e. The molecule has 1 aliphatic heterocycles. The number of hydrogen-bond acceptors (Lipinski definition) is 4. The number of ether oxygens (including phenoxy) is 2. The third kappa shape index (κ3) is 6.51. The number of fused-ring (bicyclic) bond motifs is 3. The molecule has 1 aromatic heterocycles. The molecule has 0 saturated carbocycles. The number of methoxy groups -OCH3 is 1. The van der Waals surface area contributed by atoms with Crippen LogP contribution in [0.1, 0.15) is 36.2 Å². The SMILES string of the molecule is COc1ccc(OCCNCCC(F)(F)F)cc1C1c2[nH]c3ccccc3c2C[C@@H](C)N1CC(F)(F)F. The molecule has 0 radical (unpaired) electrons. The minimum Gasteiger partial charge on any atom is -0.496 e. The van der Waals surface area contributed by atoms with Crippen molar-refractivity contribution in [3.05, 3.63) is 59.3 Å². The average Bonchev–Trinajstić information content (AvgIpc) is 3.18. The molecule has 0 fully saturated rings. The summed E-state index contributed by atoms with van der Waals surface area (Å²) in [4.78, 5) is 4.76. The van der Waals surface area contributed by atoms with Crippen LogP contribution in [0, 0.1) is 0 Å². The van der Waals surface area contributed by atoms with Gasteiger partial charge in [0, 0.05) is 41.3 Å². The van der Waals surface area contributed by atoms with E-state index in [1.165, 1.54) is 12.0 Å². The van der Waals surface area contributed by atoms with Gasteiger partial charge in [-0.25, -0.2) is 0 Å². The van der Waals surface area contributed by atoms with E-state index in [4.69, 9.17) is 9.47 Å². The molecular weight excluding hydrogens is 500 g/mol. The molecule has 4 rings (SSSR count). The smallest absolute Gasteiger partial charge is 0.401 e. The number of nitrogens with zero attached hydrogens (tertiary/aromatic N) is 1. The lowest BCUT2D eigenvalue weighted by Crippen LogP contribution is -2.47. The van der Waals surface area contributed by atoms with Crippen molar-refractivity contribution in [1.82, 2.24) is 15.2 Å². The number of rotatable bonds is 9. The first-order chi connectivity index (χ1) is 17.5. The van der Waals surface area contributed by atoms with Gasteiger partial charge in [-0.15, -0.1) is 0 Å². The topological polar surface area (TPSA) is 49.5 Å². The van der Waals surface area contributed by atoms with Crippen molar-refractivity contribution in [2.75, 3.05) is 33.4 Å². The van der Waals surface area contributed by atoms with Gasteiger partial charge in [0.25, 0.3) is 0 Å². The minimum atomic E-state index is -4.42. The molecule has 202 valence electrons. The summed E-state index contributed by atoms with van der Waals surface area (Å²) in [5, 5.41) is 3.64. The molecule has 1 aliphatic rings. The van der Waals surface area contributed by atoms with Crippen molar-refractivity contribution in [1.29, 1.82) is 0 Å². The van der Waals surface area contributed by atoms with Crippen LogP contribution in [0.25, 0.3) is 10.9 Å². The Morgan fingerprint density at radius 1 is 1.03 bits per heavy atom. The van der Waals surface area contributed by atoms with Crippen LogP contribution in [0.3, 0.4) is 0 Å². The Morgan fingerprint density at radius 3 is 2.49 bits per heavy atom. The summed E-state index contributed by atoms with van der Waals surface area (Å²) in [7, 11) is 1.45. The van der Waals surface area contributed by atoms with Crippen molar-refractivity contribution < 1.29 is 35.8 Å². The van der Waals surface area contributed by atoms with E-state index >= 15 is 0 Å². The fourth-order valence-electron chi connectivity index (χ4n) is 4.91. The number of benzene rings is 2. The number of aromatic nitrogens is 1. The molecule has 2 N–H and O–H groups in total. The zero-order valence-corrected chi connectivity index (χ0v) is 20.5. The number of H-pyrrole nitrogens is 1. The molecule has 0 aliphatic carbocycles. The molecule has 3 aromatic rings. The van der Waals surface area contributed by atoms with E-state index in [0.29, 0.717) is 29.2 Å². The average molecular weight is 530 g/mol. The van der Waals surface area contributed by atoms with Crippen LogP contribution in [0.15, 0.2) is 42.5 Å². The third-order valence-electron chi connectivity index (χ3n) is 6.51. The Labute approximate surface area is 210 Å². The van der Waals surface area contributed by atoms with Gasteiger partial charge in [0.1, 0.15) is 18.1 Å². The lowest BCUT2D eigenvalue weighted by Gasteiger charge is -2.41. The van der Waals surface area contributed by atoms with Gasteiger partial charge in [-0.1, -0.05) is 18.2 Å². The molecular formula is C26H29F6N3O2. The van der Waals surface area contributed by atoms with Crippen LogP contribution in [0.4, 0.5) is 26.3 Å². The summed E-state index contributed by atoms with van der Waals surface area (Å²) in [6.07, 6.45) is -9.14. The Hall–Kier alpha value is -2.92. The van der Waals surface area contributed by atoms with Crippen molar-refractivity contribution in [2.45, 2.75) is 44.2 Å². The normalized spacial score (nSPS) is 18.7. The summed E-state index contributed by atoms with van der Waals surface area (Å²) in [5.74, 6) is 0.794. The van der Waals surface area contributed by atoms with Gasteiger partial charge in [-0.05, 0) is 43.2 Å². The van der Waals surface area contributed by atoms with E-state index in [1.807, 2.05) is 24.3 Å². The highest BCUT2D eigenvalue weighted by molar-refractivity contribution is 5.85. The number of alkyl halides is 6. The predicted octanol–water partition coefficient (Wildman–Crippen LogP) is 6.00. The van der Waals surface area contributed by atoms with Gasteiger partial charge in [0.05, 0.1) is 26.1 Å². The Bertz CT molecular complexity index is 1210. The van der Waals surface area contributed by atoms with Crippen LogP contribution in [-0.4, -0.2) is 61.6 Å². The van der Waals surface area contributed by atoms with Gasteiger partial charge in [-0.3, -0.25) is 4.90 Å². The number of para-hydroxylation sites is 1. The van der Waals surface area contributed by atoms with Gasteiger partial charge in [0.15, 0.2) is 0 Å². The van der Waals surface area contributed by atoms with Crippen LogP contribution in [0.2, 0.25) is 0 Å². The van der Waals surface area contributed by atoms with Gasteiger partial charge in [-0.2, -0.15) is 26.3 Å². The van der Waals surface area contributed by atoms with Crippen molar-refractivity contribution in [3.8, 4) is 11.5 Å². The highest BCUT2D eigenvalue weighted by atomic mass is 19.4. The molecule has 0 amide bonds. The maximum absolute atomic E-state index is 13.7. The van der Waals surface area contributed by atoms with Crippen molar-refractivity contribution in [3.63, 3.8) is 0 Å². The number of halogens is 6. The van der Waals surface area contributed by atoms with Gasteiger partial charge < -0.3 is 19.8 Å². The van der Waals surface area contributed by atoms with Crippen LogP contribution in [-0.2, 0) is 6.42 Å². The largest absolute Gasteiger partial charge is 0.496 e. The Balaban J connectivity index is 1.65. The lowest BCUT2D eigenvalue weighted by molar-refractivity contribution is -0.155. The molecule has 2 heterocycles. The number of nitrogens with one attached hydrogen (secondary N) is 2. The number of hydrogen-bond donors (Lipinski definition) is 2. The molecule has 0 bridgehead atoms. The second kappa shape index (κ2) is 10.8. The second-order valence-electron chi connectivity index (χ2n) is 9.17. The molecule has 2 atom stereocenters. The lowest BCUT2D eigenvalue weighted by atomic mass is 9.88. The number of aromatic amines is 1. The van der Waals surface area contributed by atoms with Crippen LogP contribution in [0.5, 0.6) is 11.5 Å². The summed E-state index contributed by atoms with van der Waals surface area (Å²) in [6.45, 7) is 0.725. The molecule has 1 unspecified atom stereocenters. The zero-order chi connectivity index (χ0) is 26.8. The minimum absolute atomic E-state index is 0.0919. The molecule has 0 saturated heterocycles. The Morgan fingerprint density at radius 2 is 1.78 bits per heavy atom. The highest BCUT2D eigenvalue weighted by Gasteiger charge is 2.43.